The van der Waals surface area contributed by atoms with Gasteiger partial charge in [-0.15, -0.1) is 0 Å². The minimum absolute atomic E-state index is 0.0552. The van der Waals surface area contributed by atoms with E-state index in [1.165, 1.54) is 0 Å². The molecule has 136 valence electrons. The minimum Gasteiger partial charge on any atom is -0.493 e. The van der Waals surface area contributed by atoms with Crippen molar-refractivity contribution in [3.63, 3.8) is 0 Å². The third kappa shape index (κ3) is 3.55. The molecule has 0 spiro atoms. The van der Waals surface area contributed by atoms with Crippen molar-refractivity contribution in [1.29, 1.82) is 0 Å². The van der Waals surface area contributed by atoms with E-state index in [1.807, 2.05) is 50.4 Å². The molecular formula is C20H23N3O3. The Morgan fingerprint density at radius 1 is 1.12 bits per heavy atom. The molecule has 6 nitrogen and oxygen atoms in total. The lowest BCUT2D eigenvalue weighted by molar-refractivity contribution is 0.243. The fraction of sp³-hybridized carbons (Fsp3) is 0.300. The lowest BCUT2D eigenvalue weighted by atomic mass is 10.1. The summed E-state index contributed by atoms with van der Waals surface area (Å²) in [7, 11) is 5.24. The minimum atomic E-state index is -0.114. The van der Waals surface area contributed by atoms with Gasteiger partial charge in [0.15, 0.2) is 11.5 Å². The van der Waals surface area contributed by atoms with Crippen LogP contribution in [0.4, 0.5) is 0 Å². The van der Waals surface area contributed by atoms with E-state index < -0.39 is 0 Å². The van der Waals surface area contributed by atoms with Crippen molar-refractivity contribution < 1.29 is 9.47 Å². The van der Waals surface area contributed by atoms with E-state index in [1.54, 1.807) is 20.3 Å². The van der Waals surface area contributed by atoms with E-state index in [9.17, 15) is 4.79 Å². The van der Waals surface area contributed by atoms with Crippen LogP contribution in [0.3, 0.4) is 0 Å². The molecule has 1 N–H and O–H groups in total. The quantitative estimate of drug-likeness (QED) is 0.737. The number of para-hydroxylation sites is 1. The van der Waals surface area contributed by atoms with Crippen LogP contribution in [0.5, 0.6) is 11.5 Å². The molecule has 0 aliphatic carbocycles. The molecule has 26 heavy (non-hydrogen) atoms. The first-order chi connectivity index (χ1) is 12.5. The normalized spacial score (nSPS) is 12.3. The molecule has 2 aromatic carbocycles. The second-order valence-corrected chi connectivity index (χ2v) is 6.25. The molecule has 0 amide bonds. The molecule has 0 radical (unpaired) electrons. The number of benzene rings is 2. The van der Waals surface area contributed by atoms with E-state index >= 15 is 0 Å². The first kappa shape index (κ1) is 17.9. The van der Waals surface area contributed by atoms with Crippen LogP contribution in [-0.4, -0.2) is 36.1 Å². The largest absolute Gasteiger partial charge is 0.493 e. The van der Waals surface area contributed by atoms with Gasteiger partial charge >= 0.3 is 0 Å². The predicted molar refractivity (Wildman–Crippen MR) is 102 cm³/mol. The zero-order valence-electron chi connectivity index (χ0n) is 15.4. The van der Waals surface area contributed by atoms with Crippen LogP contribution < -0.4 is 15.0 Å². The van der Waals surface area contributed by atoms with E-state index in [0.29, 0.717) is 34.8 Å². The predicted octanol–water partition coefficient (Wildman–Crippen LogP) is 3.13. The van der Waals surface area contributed by atoms with Gasteiger partial charge in [-0.3, -0.25) is 9.69 Å². The highest BCUT2D eigenvalue weighted by atomic mass is 16.5. The Bertz CT molecular complexity index is 968. The highest BCUT2D eigenvalue weighted by Gasteiger charge is 2.16. The van der Waals surface area contributed by atoms with Crippen molar-refractivity contribution >= 4 is 10.9 Å². The zero-order chi connectivity index (χ0) is 18.7. The average molecular weight is 353 g/mol. The zero-order valence-corrected chi connectivity index (χ0v) is 15.4. The molecule has 6 heteroatoms. The molecule has 0 unspecified atom stereocenters. The molecular weight excluding hydrogens is 330 g/mol. The van der Waals surface area contributed by atoms with Crippen molar-refractivity contribution in [1.82, 2.24) is 14.9 Å². The fourth-order valence-corrected chi connectivity index (χ4v) is 2.92. The van der Waals surface area contributed by atoms with Crippen molar-refractivity contribution in [2.24, 2.45) is 0 Å². The second kappa shape index (κ2) is 7.58. The first-order valence-electron chi connectivity index (χ1n) is 8.43. The average Bonchev–Trinajstić information content (AvgIpc) is 2.67. The van der Waals surface area contributed by atoms with Crippen molar-refractivity contribution in [3.8, 4) is 11.5 Å². The smallest absolute Gasteiger partial charge is 0.258 e. The number of aromatic nitrogens is 2. The van der Waals surface area contributed by atoms with Gasteiger partial charge in [-0.25, -0.2) is 4.98 Å². The summed E-state index contributed by atoms with van der Waals surface area (Å²) in [6.07, 6.45) is 0. The third-order valence-corrected chi connectivity index (χ3v) is 4.57. The number of nitrogens with one attached hydrogen (secondary N) is 1. The van der Waals surface area contributed by atoms with E-state index in [4.69, 9.17) is 9.47 Å². The summed E-state index contributed by atoms with van der Waals surface area (Å²) in [4.78, 5) is 21.9. The number of fused-ring (bicyclic) bond motifs is 1. The molecule has 1 heterocycles. The van der Waals surface area contributed by atoms with Crippen LogP contribution in [-0.2, 0) is 6.54 Å². The molecule has 3 aromatic rings. The van der Waals surface area contributed by atoms with E-state index in [2.05, 4.69) is 14.9 Å². The number of hydrogen-bond donors (Lipinski definition) is 1. The van der Waals surface area contributed by atoms with Gasteiger partial charge in [0.05, 0.1) is 31.2 Å². The highest BCUT2D eigenvalue weighted by molar-refractivity contribution is 5.77. The number of rotatable bonds is 6. The third-order valence-electron chi connectivity index (χ3n) is 4.57. The first-order valence-corrected chi connectivity index (χ1v) is 8.43. The molecule has 0 saturated carbocycles. The van der Waals surface area contributed by atoms with Gasteiger partial charge < -0.3 is 14.5 Å². The maximum absolute atomic E-state index is 12.3. The summed E-state index contributed by atoms with van der Waals surface area (Å²) >= 11 is 0. The standard InChI is InChI=1S/C20H23N3O3/c1-13(19-21-16-8-6-5-7-15(16)20(24)22-19)23(2)12-14-9-10-17(25-3)18(11-14)26-4/h5-11,13H,12H2,1-4H3,(H,21,22,24)/t13-/m1/s1. The van der Waals surface area contributed by atoms with Gasteiger partial charge in [-0.05, 0) is 43.8 Å². The van der Waals surface area contributed by atoms with Gasteiger partial charge in [-0.1, -0.05) is 18.2 Å². The number of ether oxygens (including phenoxy) is 2. The van der Waals surface area contributed by atoms with Gasteiger partial charge in [0.2, 0.25) is 0 Å². The molecule has 0 saturated heterocycles. The fourth-order valence-electron chi connectivity index (χ4n) is 2.92. The Balaban J connectivity index is 1.84. The Labute approximate surface area is 152 Å². The molecule has 0 aliphatic rings. The van der Waals surface area contributed by atoms with Crippen molar-refractivity contribution in [3.05, 3.63) is 64.2 Å². The summed E-state index contributed by atoms with van der Waals surface area (Å²) in [5.41, 5.74) is 1.68. The maximum Gasteiger partial charge on any atom is 0.258 e. The van der Waals surface area contributed by atoms with Gasteiger partial charge in [0.25, 0.3) is 5.56 Å². The van der Waals surface area contributed by atoms with Gasteiger partial charge in [-0.2, -0.15) is 0 Å². The summed E-state index contributed by atoms with van der Waals surface area (Å²) in [6.45, 7) is 2.70. The molecule has 1 atom stereocenters. The van der Waals surface area contributed by atoms with Crippen molar-refractivity contribution in [2.45, 2.75) is 19.5 Å². The van der Waals surface area contributed by atoms with Gasteiger partial charge in [0, 0.05) is 6.54 Å². The summed E-state index contributed by atoms with van der Waals surface area (Å²) < 4.78 is 10.6. The van der Waals surface area contributed by atoms with Crippen molar-refractivity contribution in [2.75, 3.05) is 21.3 Å². The Kier molecular flexibility index (Phi) is 5.23. The lowest BCUT2D eigenvalue weighted by Gasteiger charge is -2.24. The molecule has 3 rings (SSSR count). The molecule has 0 fully saturated rings. The second-order valence-electron chi connectivity index (χ2n) is 6.25. The topological polar surface area (TPSA) is 67.5 Å². The monoisotopic (exact) mass is 353 g/mol. The summed E-state index contributed by atoms with van der Waals surface area (Å²) in [5.74, 6) is 2.05. The highest BCUT2D eigenvalue weighted by Crippen LogP contribution is 2.28. The van der Waals surface area contributed by atoms with E-state index in [0.717, 1.165) is 5.56 Å². The molecule has 0 aliphatic heterocycles. The molecule has 1 aromatic heterocycles. The van der Waals surface area contributed by atoms with E-state index in [-0.39, 0.29) is 11.6 Å². The summed E-state index contributed by atoms with van der Waals surface area (Å²) in [6, 6.07) is 13.2. The SMILES string of the molecule is COc1ccc(CN(C)[C@H](C)c2nc3ccccc3c(=O)[nH]2)cc1OC. The van der Waals surface area contributed by atoms with Crippen LogP contribution in [0, 0.1) is 0 Å². The molecule has 0 bridgehead atoms. The maximum atomic E-state index is 12.3. The summed E-state index contributed by atoms with van der Waals surface area (Å²) in [5, 5.41) is 0.603. The van der Waals surface area contributed by atoms with Crippen LogP contribution in [0.15, 0.2) is 47.3 Å². The van der Waals surface area contributed by atoms with Crippen LogP contribution in [0.1, 0.15) is 24.4 Å². The van der Waals surface area contributed by atoms with Crippen LogP contribution >= 0.6 is 0 Å². The number of hydrogen-bond acceptors (Lipinski definition) is 5. The van der Waals surface area contributed by atoms with Crippen LogP contribution in [0.2, 0.25) is 0 Å². The lowest BCUT2D eigenvalue weighted by Crippen LogP contribution is -2.26. The van der Waals surface area contributed by atoms with Gasteiger partial charge in [0.1, 0.15) is 5.82 Å². The Morgan fingerprint density at radius 2 is 1.85 bits per heavy atom. The Morgan fingerprint density at radius 3 is 2.58 bits per heavy atom. The number of aromatic amines is 1. The number of methoxy groups -OCH3 is 2. The van der Waals surface area contributed by atoms with Crippen LogP contribution in [0.25, 0.3) is 10.9 Å². The number of H-pyrrole nitrogens is 1. The number of nitrogens with zero attached hydrogens (tertiary/aromatic N) is 2. The Hall–Kier alpha value is -2.86.